The van der Waals surface area contributed by atoms with Crippen molar-refractivity contribution in [3.05, 3.63) is 0 Å². The highest BCUT2D eigenvalue weighted by molar-refractivity contribution is 6.78. The molecule has 0 aromatic carbocycles. The first-order valence-electron chi connectivity index (χ1n) is 3.68. The van der Waals surface area contributed by atoms with Gasteiger partial charge in [0.05, 0.1) is 0 Å². The lowest BCUT2D eigenvalue weighted by atomic mass is 10.9. The molecule has 0 atom stereocenters. The SMILES string of the molecule is CC[Si](C)(CC)CC. The number of rotatable bonds is 3. The van der Waals surface area contributed by atoms with E-state index < -0.39 is 8.07 Å². The third-order valence-electron chi connectivity index (χ3n) is 2.56. The molecule has 0 aromatic heterocycles. The fourth-order valence-electron chi connectivity index (χ4n) is 0.750. The maximum absolute atomic E-state index is 2.49. The molecular formula is C7H18Si. The summed E-state index contributed by atoms with van der Waals surface area (Å²) in [4.78, 5) is 0. The maximum Gasteiger partial charge on any atom is 0.0496 e. The minimum atomic E-state index is -0.671. The molecule has 0 heterocycles. The lowest BCUT2D eigenvalue weighted by molar-refractivity contribution is 1.18. The molecule has 8 heavy (non-hydrogen) atoms. The molecule has 0 aliphatic carbocycles. The summed E-state index contributed by atoms with van der Waals surface area (Å²) in [7, 11) is -0.671. The van der Waals surface area contributed by atoms with Crippen LogP contribution in [0, 0.1) is 0 Å². The van der Waals surface area contributed by atoms with E-state index in [0.717, 1.165) is 0 Å². The van der Waals surface area contributed by atoms with E-state index in [9.17, 15) is 0 Å². The van der Waals surface area contributed by atoms with E-state index >= 15 is 0 Å². The monoisotopic (exact) mass is 130 g/mol. The van der Waals surface area contributed by atoms with Crippen molar-refractivity contribution in [2.24, 2.45) is 0 Å². The Morgan fingerprint density at radius 1 is 0.875 bits per heavy atom. The van der Waals surface area contributed by atoms with Gasteiger partial charge in [-0.1, -0.05) is 45.5 Å². The van der Waals surface area contributed by atoms with Crippen LogP contribution in [0.3, 0.4) is 0 Å². The normalized spacial score (nSPS) is 12.0. The molecule has 0 fully saturated rings. The van der Waals surface area contributed by atoms with Gasteiger partial charge in [-0.05, 0) is 0 Å². The predicted octanol–water partition coefficient (Wildman–Crippen LogP) is 3.12. The first kappa shape index (κ1) is 8.22. The van der Waals surface area contributed by atoms with Gasteiger partial charge in [0.2, 0.25) is 0 Å². The summed E-state index contributed by atoms with van der Waals surface area (Å²) in [6.07, 6.45) is 0. The molecule has 0 bridgehead atoms. The molecule has 50 valence electrons. The fourth-order valence-corrected chi connectivity index (χ4v) is 2.25. The molecule has 0 saturated carbocycles. The Labute approximate surface area is 54.3 Å². The highest BCUT2D eigenvalue weighted by Gasteiger charge is 2.18. The van der Waals surface area contributed by atoms with Gasteiger partial charge < -0.3 is 0 Å². The van der Waals surface area contributed by atoms with Crippen LogP contribution in [0.25, 0.3) is 0 Å². The van der Waals surface area contributed by atoms with Crippen LogP contribution in [0.4, 0.5) is 0 Å². The molecule has 0 nitrogen and oxygen atoms in total. The van der Waals surface area contributed by atoms with E-state index in [4.69, 9.17) is 0 Å². The van der Waals surface area contributed by atoms with Gasteiger partial charge in [-0.3, -0.25) is 0 Å². The Balaban J connectivity index is 3.58. The maximum atomic E-state index is 2.49. The van der Waals surface area contributed by atoms with E-state index in [0.29, 0.717) is 0 Å². The molecule has 0 rings (SSSR count). The standard InChI is InChI=1S/C7H18Si/c1-5-8(4,6-2)7-3/h5-7H2,1-4H3. The average molecular weight is 130 g/mol. The van der Waals surface area contributed by atoms with Crippen LogP contribution in [0.15, 0.2) is 0 Å². The molecule has 0 spiro atoms. The van der Waals surface area contributed by atoms with Crippen LogP contribution in [0.5, 0.6) is 0 Å². The van der Waals surface area contributed by atoms with E-state index in [1.807, 2.05) is 0 Å². The zero-order valence-electron chi connectivity index (χ0n) is 6.62. The Morgan fingerprint density at radius 2 is 1.12 bits per heavy atom. The summed E-state index contributed by atoms with van der Waals surface area (Å²) < 4.78 is 0. The van der Waals surface area contributed by atoms with Crippen molar-refractivity contribution in [3.63, 3.8) is 0 Å². The molecule has 0 unspecified atom stereocenters. The predicted molar refractivity (Wildman–Crippen MR) is 43.1 cm³/mol. The van der Waals surface area contributed by atoms with Gasteiger partial charge in [0.15, 0.2) is 0 Å². The Hall–Kier alpha value is 0.217. The molecule has 0 saturated heterocycles. The summed E-state index contributed by atoms with van der Waals surface area (Å²) >= 11 is 0. The molecule has 0 aliphatic heterocycles. The fraction of sp³-hybridized carbons (Fsp3) is 1.00. The highest BCUT2D eigenvalue weighted by Crippen LogP contribution is 2.18. The first-order chi connectivity index (χ1) is 3.68. The Kier molecular flexibility index (Phi) is 3.37. The van der Waals surface area contributed by atoms with Gasteiger partial charge in [0, 0.05) is 8.07 Å². The summed E-state index contributed by atoms with van der Waals surface area (Å²) in [6.45, 7) is 9.49. The minimum Gasteiger partial charge on any atom is -0.0692 e. The summed E-state index contributed by atoms with van der Waals surface area (Å²) in [5.41, 5.74) is 0. The molecule has 0 aliphatic rings. The van der Waals surface area contributed by atoms with Crippen molar-refractivity contribution in [3.8, 4) is 0 Å². The molecule has 1 heteroatoms. The van der Waals surface area contributed by atoms with Crippen molar-refractivity contribution in [1.29, 1.82) is 0 Å². The van der Waals surface area contributed by atoms with Crippen molar-refractivity contribution >= 4 is 8.07 Å². The molecule has 0 radical (unpaired) electrons. The zero-order valence-corrected chi connectivity index (χ0v) is 7.62. The Bertz CT molecular complexity index is 47.1. The number of hydrogen-bond donors (Lipinski definition) is 0. The van der Waals surface area contributed by atoms with Gasteiger partial charge in [-0.2, -0.15) is 0 Å². The quantitative estimate of drug-likeness (QED) is 0.515. The van der Waals surface area contributed by atoms with Crippen molar-refractivity contribution in [2.45, 2.75) is 45.5 Å². The second-order valence-electron chi connectivity index (χ2n) is 2.87. The third-order valence-corrected chi connectivity index (χ3v) is 7.68. The van der Waals surface area contributed by atoms with E-state index in [1.165, 1.54) is 18.1 Å². The van der Waals surface area contributed by atoms with Crippen LogP contribution in [-0.4, -0.2) is 8.07 Å². The molecule has 0 amide bonds. The second-order valence-corrected chi connectivity index (χ2v) is 8.61. The van der Waals surface area contributed by atoms with Crippen molar-refractivity contribution < 1.29 is 0 Å². The average Bonchev–Trinajstić information content (AvgIpc) is 1.87. The van der Waals surface area contributed by atoms with E-state index in [1.54, 1.807) is 0 Å². The van der Waals surface area contributed by atoms with Gasteiger partial charge in [0.25, 0.3) is 0 Å². The molecule has 0 N–H and O–H groups in total. The second kappa shape index (κ2) is 3.28. The van der Waals surface area contributed by atoms with Gasteiger partial charge in [-0.25, -0.2) is 0 Å². The topological polar surface area (TPSA) is 0 Å². The first-order valence-corrected chi connectivity index (χ1v) is 6.80. The lowest BCUT2D eigenvalue weighted by Gasteiger charge is -2.20. The largest absolute Gasteiger partial charge is 0.0692 e. The van der Waals surface area contributed by atoms with Crippen molar-refractivity contribution in [2.75, 3.05) is 0 Å². The van der Waals surface area contributed by atoms with Crippen LogP contribution < -0.4 is 0 Å². The van der Waals surface area contributed by atoms with Crippen LogP contribution >= 0.6 is 0 Å². The van der Waals surface area contributed by atoms with Crippen LogP contribution in [-0.2, 0) is 0 Å². The van der Waals surface area contributed by atoms with E-state index in [2.05, 4.69) is 27.3 Å². The smallest absolute Gasteiger partial charge is 0.0496 e. The number of hydrogen-bond acceptors (Lipinski definition) is 0. The van der Waals surface area contributed by atoms with Gasteiger partial charge in [0.1, 0.15) is 0 Å². The minimum absolute atomic E-state index is 0.671. The molecule has 0 aromatic rings. The highest BCUT2D eigenvalue weighted by atomic mass is 28.3. The molecular weight excluding hydrogens is 112 g/mol. The zero-order chi connectivity index (χ0) is 6.62. The summed E-state index contributed by atoms with van der Waals surface area (Å²) in [5, 5.41) is 0. The van der Waals surface area contributed by atoms with Gasteiger partial charge in [-0.15, -0.1) is 0 Å². The van der Waals surface area contributed by atoms with Crippen LogP contribution in [0.1, 0.15) is 20.8 Å². The van der Waals surface area contributed by atoms with Crippen molar-refractivity contribution in [1.82, 2.24) is 0 Å². The summed E-state index contributed by atoms with van der Waals surface area (Å²) in [6, 6.07) is 4.38. The lowest BCUT2D eigenvalue weighted by Crippen LogP contribution is -2.25. The summed E-state index contributed by atoms with van der Waals surface area (Å²) in [5.74, 6) is 0. The Morgan fingerprint density at radius 3 is 1.12 bits per heavy atom. The van der Waals surface area contributed by atoms with Crippen LogP contribution in [0.2, 0.25) is 24.7 Å². The third kappa shape index (κ3) is 1.99. The van der Waals surface area contributed by atoms with E-state index in [-0.39, 0.29) is 0 Å². The van der Waals surface area contributed by atoms with Gasteiger partial charge >= 0.3 is 0 Å².